The number of rotatable bonds is 6. The zero-order chi connectivity index (χ0) is 19.4. The van der Waals surface area contributed by atoms with E-state index in [0.717, 1.165) is 25.7 Å². The minimum atomic E-state index is -1.10. The van der Waals surface area contributed by atoms with Gasteiger partial charge < -0.3 is 24.8 Å². The second-order valence-corrected chi connectivity index (χ2v) is 6.74. The first kappa shape index (κ1) is 19.0. The van der Waals surface area contributed by atoms with Crippen LogP contribution < -0.4 is 14.8 Å². The highest BCUT2D eigenvalue weighted by atomic mass is 16.5. The number of nitrogens with zero attached hydrogens (tertiary/aromatic N) is 1. The Morgan fingerprint density at radius 2 is 2.00 bits per heavy atom. The summed E-state index contributed by atoms with van der Waals surface area (Å²) in [6.45, 7) is 1.68. The number of hydrogen-bond acceptors (Lipinski definition) is 5. The van der Waals surface area contributed by atoms with E-state index in [1.165, 1.54) is 6.07 Å². The lowest BCUT2D eigenvalue weighted by Crippen LogP contribution is -2.62. The van der Waals surface area contributed by atoms with Gasteiger partial charge in [-0.3, -0.25) is 9.59 Å². The number of piperazine rings is 1. The summed E-state index contributed by atoms with van der Waals surface area (Å²) in [7, 11) is 0. The van der Waals surface area contributed by atoms with E-state index in [1.807, 2.05) is 0 Å². The van der Waals surface area contributed by atoms with E-state index in [1.54, 1.807) is 24.0 Å². The second kappa shape index (κ2) is 8.28. The molecule has 2 amide bonds. The molecule has 1 saturated carbocycles. The predicted molar refractivity (Wildman–Crippen MR) is 96.0 cm³/mol. The molecule has 2 aliphatic rings. The van der Waals surface area contributed by atoms with Gasteiger partial charge in [0.15, 0.2) is 18.1 Å². The number of amides is 2. The van der Waals surface area contributed by atoms with E-state index in [4.69, 9.17) is 14.6 Å². The van der Waals surface area contributed by atoms with Crippen LogP contribution in [-0.2, 0) is 9.59 Å². The number of fused-ring (bicyclic) bond motifs is 1. The highest BCUT2D eigenvalue weighted by Gasteiger charge is 2.39. The SMILES string of the molecule is CCOc1cc(C(=O)N2CC(=O)NC3CCCCC32)ccc1OCC(=O)O. The Balaban J connectivity index is 1.83. The molecule has 2 unspecified atom stereocenters. The van der Waals surface area contributed by atoms with E-state index in [9.17, 15) is 14.4 Å². The first-order valence-corrected chi connectivity index (χ1v) is 9.21. The summed E-state index contributed by atoms with van der Waals surface area (Å²) < 4.78 is 10.7. The molecule has 1 aromatic carbocycles. The summed E-state index contributed by atoms with van der Waals surface area (Å²) >= 11 is 0. The van der Waals surface area contributed by atoms with Gasteiger partial charge in [-0.05, 0) is 38.0 Å². The number of hydrogen-bond donors (Lipinski definition) is 2. The zero-order valence-electron chi connectivity index (χ0n) is 15.3. The lowest BCUT2D eigenvalue weighted by Gasteiger charge is -2.44. The molecule has 2 N–H and O–H groups in total. The van der Waals surface area contributed by atoms with Crippen LogP contribution in [0.25, 0.3) is 0 Å². The van der Waals surface area contributed by atoms with Gasteiger partial charge in [-0.15, -0.1) is 0 Å². The maximum Gasteiger partial charge on any atom is 0.341 e. The van der Waals surface area contributed by atoms with Crippen LogP contribution in [0.2, 0.25) is 0 Å². The molecule has 2 atom stereocenters. The van der Waals surface area contributed by atoms with Crippen molar-refractivity contribution in [1.29, 1.82) is 0 Å². The molecule has 1 aliphatic carbocycles. The third-order valence-corrected chi connectivity index (χ3v) is 4.89. The van der Waals surface area contributed by atoms with E-state index in [2.05, 4.69) is 5.32 Å². The van der Waals surface area contributed by atoms with Crippen molar-refractivity contribution in [3.63, 3.8) is 0 Å². The number of carboxylic acids is 1. The minimum Gasteiger partial charge on any atom is -0.490 e. The van der Waals surface area contributed by atoms with Crippen LogP contribution in [0.15, 0.2) is 18.2 Å². The predicted octanol–water partition coefficient (Wildman–Crippen LogP) is 1.43. The topological polar surface area (TPSA) is 105 Å². The third kappa shape index (κ3) is 4.32. The Morgan fingerprint density at radius 3 is 2.74 bits per heavy atom. The van der Waals surface area contributed by atoms with Crippen molar-refractivity contribution in [3.05, 3.63) is 23.8 Å². The average molecular weight is 376 g/mol. The molecular formula is C19H24N2O6. The van der Waals surface area contributed by atoms with Gasteiger partial charge in [0.2, 0.25) is 5.91 Å². The maximum atomic E-state index is 13.1. The molecule has 2 fully saturated rings. The average Bonchev–Trinajstić information content (AvgIpc) is 2.65. The summed E-state index contributed by atoms with van der Waals surface area (Å²) in [4.78, 5) is 37.5. The van der Waals surface area contributed by atoms with Crippen LogP contribution >= 0.6 is 0 Å². The molecule has 1 saturated heterocycles. The van der Waals surface area contributed by atoms with E-state index in [0.29, 0.717) is 17.9 Å². The molecule has 1 heterocycles. The molecule has 0 bridgehead atoms. The van der Waals surface area contributed by atoms with Gasteiger partial charge >= 0.3 is 5.97 Å². The highest BCUT2D eigenvalue weighted by Crippen LogP contribution is 2.31. The number of nitrogens with one attached hydrogen (secondary N) is 1. The van der Waals surface area contributed by atoms with Gasteiger partial charge in [-0.1, -0.05) is 12.8 Å². The summed E-state index contributed by atoms with van der Waals surface area (Å²) in [5.74, 6) is -0.889. The number of benzene rings is 1. The van der Waals surface area contributed by atoms with Crippen molar-refractivity contribution in [3.8, 4) is 11.5 Å². The van der Waals surface area contributed by atoms with Crippen molar-refractivity contribution in [2.24, 2.45) is 0 Å². The molecule has 0 spiro atoms. The van der Waals surface area contributed by atoms with E-state index >= 15 is 0 Å². The molecule has 1 aliphatic heterocycles. The molecule has 27 heavy (non-hydrogen) atoms. The second-order valence-electron chi connectivity index (χ2n) is 6.74. The van der Waals surface area contributed by atoms with Crippen molar-refractivity contribution in [1.82, 2.24) is 10.2 Å². The lowest BCUT2D eigenvalue weighted by atomic mass is 9.87. The van der Waals surface area contributed by atoms with E-state index in [-0.39, 0.29) is 36.2 Å². The van der Waals surface area contributed by atoms with Crippen LogP contribution in [0.1, 0.15) is 43.0 Å². The van der Waals surface area contributed by atoms with Crippen molar-refractivity contribution in [2.45, 2.75) is 44.7 Å². The first-order chi connectivity index (χ1) is 13.0. The van der Waals surface area contributed by atoms with Crippen LogP contribution in [0.4, 0.5) is 0 Å². The Labute approximate surface area is 157 Å². The van der Waals surface area contributed by atoms with Crippen LogP contribution in [0, 0.1) is 0 Å². The minimum absolute atomic E-state index is 0.00225. The van der Waals surface area contributed by atoms with Crippen LogP contribution in [0.5, 0.6) is 11.5 Å². The molecule has 3 rings (SSSR count). The molecule has 8 heteroatoms. The standard InChI is InChI=1S/C19H24N2O6/c1-2-26-16-9-12(7-8-15(16)27-11-18(23)24)19(25)21-10-17(22)20-13-5-3-4-6-14(13)21/h7-9,13-14H,2-6,10-11H2,1H3,(H,20,22)(H,23,24). The molecule has 8 nitrogen and oxygen atoms in total. The molecule has 146 valence electrons. The van der Waals surface area contributed by atoms with Crippen LogP contribution in [-0.4, -0.2) is 59.6 Å². The van der Waals surface area contributed by atoms with Crippen molar-refractivity contribution in [2.75, 3.05) is 19.8 Å². The quantitative estimate of drug-likeness (QED) is 0.778. The lowest BCUT2D eigenvalue weighted by molar-refractivity contribution is -0.139. The molecule has 1 aromatic rings. The Morgan fingerprint density at radius 1 is 1.22 bits per heavy atom. The number of aliphatic carboxylic acids is 1. The zero-order valence-corrected chi connectivity index (χ0v) is 15.3. The Hall–Kier alpha value is -2.77. The monoisotopic (exact) mass is 376 g/mol. The van der Waals surface area contributed by atoms with Crippen molar-refractivity contribution >= 4 is 17.8 Å². The summed E-state index contributed by atoms with van der Waals surface area (Å²) in [5.41, 5.74) is 0.389. The molecule has 0 aromatic heterocycles. The fourth-order valence-electron chi connectivity index (χ4n) is 3.73. The van der Waals surface area contributed by atoms with Gasteiger partial charge in [0.05, 0.1) is 12.6 Å². The van der Waals surface area contributed by atoms with Gasteiger partial charge in [0, 0.05) is 11.6 Å². The van der Waals surface area contributed by atoms with Crippen LogP contribution in [0.3, 0.4) is 0 Å². The normalized spacial score (nSPS) is 21.8. The number of carbonyl (C=O) groups excluding carboxylic acids is 2. The fourth-order valence-corrected chi connectivity index (χ4v) is 3.73. The number of ether oxygens (including phenoxy) is 2. The third-order valence-electron chi connectivity index (χ3n) is 4.89. The van der Waals surface area contributed by atoms with Crippen molar-refractivity contribution < 1.29 is 29.0 Å². The Bertz CT molecular complexity index is 735. The fraction of sp³-hybridized carbons (Fsp3) is 0.526. The number of carbonyl (C=O) groups is 3. The number of carboxylic acid groups (broad SMARTS) is 1. The summed E-state index contributed by atoms with van der Waals surface area (Å²) in [5, 5.41) is 11.8. The summed E-state index contributed by atoms with van der Waals surface area (Å²) in [6.07, 6.45) is 3.84. The summed E-state index contributed by atoms with van der Waals surface area (Å²) in [6, 6.07) is 4.67. The van der Waals surface area contributed by atoms with Gasteiger partial charge in [-0.2, -0.15) is 0 Å². The maximum absolute atomic E-state index is 13.1. The highest BCUT2D eigenvalue weighted by molar-refractivity contribution is 5.98. The first-order valence-electron chi connectivity index (χ1n) is 9.21. The smallest absolute Gasteiger partial charge is 0.341 e. The van der Waals surface area contributed by atoms with Gasteiger partial charge in [0.25, 0.3) is 5.91 Å². The molecule has 0 radical (unpaired) electrons. The largest absolute Gasteiger partial charge is 0.490 e. The van der Waals surface area contributed by atoms with Gasteiger partial charge in [0.1, 0.15) is 6.54 Å². The Kier molecular flexibility index (Phi) is 5.83. The molecular weight excluding hydrogens is 352 g/mol. The van der Waals surface area contributed by atoms with Gasteiger partial charge in [-0.25, -0.2) is 4.79 Å². The van der Waals surface area contributed by atoms with E-state index < -0.39 is 12.6 Å².